The van der Waals surface area contributed by atoms with Crippen LogP contribution in [-0.4, -0.2) is 44.1 Å². The molecule has 2 aromatic rings. The van der Waals surface area contributed by atoms with E-state index in [1.165, 1.54) is 27.8 Å². The maximum Gasteiger partial charge on any atom is 0.245 e. The van der Waals surface area contributed by atoms with Crippen LogP contribution in [0.25, 0.3) is 0 Å². The quantitative estimate of drug-likeness (QED) is 0.850. The molecular weight excluding hydrogens is 338 g/mol. The van der Waals surface area contributed by atoms with Gasteiger partial charge in [0.15, 0.2) is 0 Å². The van der Waals surface area contributed by atoms with Gasteiger partial charge in [-0.15, -0.1) is 11.3 Å². The number of amides is 2. The van der Waals surface area contributed by atoms with Crippen molar-refractivity contribution in [2.24, 2.45) is 0 Å². The van der Waals surface area contributed by atoms with E-state index in [9.17, 15) is 9.59 Å². The van der Waals surface area contributed by atoms with Gasteiger partial charge in [0, 0.05) is 18.0 Å². The average molecular weight is 361 g/mol. The zero-order chi connectivity index (χ0) is 17.8. The smallest absolute Gasteiger partial charge is 0.245 e. The number of rotatable bonds is 6. The number of carbonyl (C=O) groups excluding carboxylic acids is 2. The molecule has 3 rings (SSSR count). The largest absolute Gasteiger partial charge is 0.342 e. The average Bonchev–Trinajstić information content (AvgIpc) is 3.30. The van der Waals surface area contributed by atoms with Crippen LogP contribution in [0.5, 0.6) is 0 Å². The Balaban J connectivity index is 1.66. The summed E-state index contributed by atoms with van der Waals surface area (Å²) < 4.78 is 1.49. The molecule has 25 heavy (non-hydrogen) atoms. The van der Waals surface area contributed by atoms with Gasteiger partial charge in [-0.2, -0.15) is 5.10 Å². The summed E-state index contributed by atoms with van der Waals surface area (Å²) in [5.74, 6) is -0.219. The Kier molecular flexibility index (Phi) is 5.47. The predicted octanol–water partition coefficient (Wildman–Crippen LogP) is 1.77. The zero-order valence-corrected chi connectivity index (χ0v) is 15.3. The first kappa shape index (κ1) is 17.6. The molecule has 0 bridgehead atoms. The van der Waals surface area contributed by atoms with Gasteiger partial charge in [-0.25, -0.2) is 9.67 Å². The van der Waals surface area contributed by atoms with E-state index in [0.29, 0.717) is 19.5 Å². The molecule has 2 aromatic heterocycles. The Labute approximate surface area is 151 Å². The van der Waals surface area contributed by atoms with Crippen LogP contribution in [-0.2, 0) is 22.6 Å². The van der Waals surface area contributed by atoms with Gasteiger partial charge in [0.1, 0.15) is 24.7 Å². The van der Waals surface area contributed by atoms with E-state index >= 15 is 0 Å². The highest BCUT2D eigenvalue weighted by molar-refractivity contribution is 7.10. The number of aromatic nitrogens is 3. The number of thiophene rings is 1. The summed E-state index contributed by atoms with van der Waals surface area (Å²) in [6.45, 7) is 5.10. The van der Waals surface area contributed by atoms with Crippen molar-refractivity contribution < 1.29 is 9.59 Å². The van der Waals surface area contributed by atoms with E-state index in [4.69, 9.17) is 0 Å². The molecule has 134 valence electrons. The molecule has 8 heteroatoms. The molecule has 0 unspecified atom stereocenters. The molecule has 0 aromatic carbocycles. The summed E-state index contributed by atoms with van der Waals surface area (Å²) in [5.41, 5.74) is 1.22. The van der Waals surface area contributed by atoms with Crippen molar-refractivity contribution in [3.05, 3.63) is 34.5 Å². The van der Waals surface area contributed by atoms with Crippen molar-refractivity contribution in [1.29, 1.82) is 0 Å². The normalized spacial score (nSPS) is 16.2. The van der Waals surface area contributed by atoms with Crippen molar-refractivity contribution in [2.45, 2.75) is 51.7 Å². The summed E-state index contributed by atoms with van der Waals surface area (Å²) >= 11 is 1.75. The molecule has 0 fully saturated rings. The summed E-state index contributed by atoms with van der Waals surface area (Å²) in [6.07, 6.45) is 5.24. The van der Waals surface area contributed by atoms with Crippen LogP contribution >= 0.6 is 11.3 Å². The third kappa shape index (κ3) is 3.89. The van der Waals surface area contributed by atoms with Crippen molar-refractivity contribution >= 4 is 23.2 Å². The molecule has 1 aliphatic rings. The zero-order valence-electron chi connectivity index (χ0n) is 14.5. The summed E-state index contributed by atoms with van der Waals surface area (Å²) in [6, 6.07) is 1.09. The van der Waals surface area contributed by atoms with Crippen molar-refractivity contribution in [3.63, 3.8) is 0 Å². The molecular formula is C17H23N5O2S. The van der Waals surface area contributed by atoms with E-state index in [1.54, 1.807) is 18.3 Å². The lowest BCUT2D eigenvalue weighted by Gasteiger charge is -2.31. The Bertz CT molecular complexity index is 727. The maximum absolute atomic E-state index is 12.9. The van der Waals surface area contributed by atoms with Crippen molar-refractivity contribution in [2.75, 3.05) is 6.54 Å². The minimum absolute atomic E-state index is 0.00200. The number of hydrogen-bond acceptors (Lipinski definition) is 5. The standard InChI is InChI=1S/C17H23N5O2S/c1-3-4-14(20-16(23)12(2)22-11-18-10-19-22)17(24)21-7-5-15-13(9-21)6-8-25-15/h6,8,10-12,14H,3-5,7,9H2,1-2H3,(H,20,23)/t12-,14+/m0/s1. The van der Waals surface area contributed by atoms with Crippen molar-refractivity contribution in [3.8, 4) is 0 Å². The molecule has 7 nitrogen and oxygen atoms in total. The lowest BCUT2D eigenvalue weighted by atomic mass is 10.1. The number of fused-ring (bicyclic) bond motifs is 1. The molecule has 3 heterocycles. The van der Waals surface area contributed by atoms with Gasteiger partial charge >= 0.3 is 0 Å². The van der Waals surface area contributed by atoms with Crippen LogP contribution in [0.4, 0.5) is 0 Å². The van der Waals surface area contributed by atoms with Crippen molar-refractivity contribution in [1.82, 2.24) is 25.0 Å². The molecule has 0 aliphatic carbocycles. The molecule has 0 spiro atoms. The van der Waals surface area contributed by atoms with E-state index in [-0.39, 0.29) is 11.8 Å². The highest BCUT2D eigenvalue weighted by atomic mass is 32.1. The van der Waals surface area contributed by atoms with Crippen LogP contribution in [0.2, 0.25) is 0 Å². The molecule has 0 radical (unpaired) electrons. The first-order valence-electron chi connectivity index (χ1n) is 8.58. The van der Waals surface area contributed by atoms with E-state index in [0.717, 1.165) is 12.8 Å². The Morgan fingerprint density at radius 3 is 3.00 bits per heavy atom. The second kappa shape index (κ2) is 7.77. The number of nitrogens with zero attached hydrogens (tertiary/aromatic N) is 4. The van der Waals surface area contributed by atoms with Gasteiger partial charge < -0.3 is 10.2 Å². The van der Waals surface area contributed by atoms with Gasteiger partial charge in [-0.3, -0.25) is 9.59 Å². The summed E-state index contributed by atoms with van der Waals surface area (Å²) in [7, 11) is 0. The van der Waals surface area contributed by atoms with Crippen LogP contribution in [0.3, 0.4) is 0 Å². The molecule has 1 N–H and O–H groups in total. The Morgan fingerprint density at radius 1 is 1.44 bits per heavy atom. The SMILES string of the molecule is CCC[C@@H](NC(=O)[C@H](C)n1cncn1)C(=O)N1CCc2sccc2C1. The number of carbonyl (C=O) groups is 2. The monoisotopic (exact) mass is 361 g/mol. The van der Waals surface area contributed by atoms with Crippen LogP contribution in [0.15, 0.2) is 24.1 Å². The van der Waals surface area contributed by atoms with Gasteiger partial charge in [-0.1, -0.05) is 13.3 Å². The molecule has 1 aliphatic heterocycles. The van der Waals surface area contributed by atoms with E-state index < -0.39 is 12.1 Å². The third-order valence-corrected chi connectivity index (χ3v) is 5.55. The highest BCUT2D eigenvalue weighted by Gasteiger charge is 2.29. The number of nitrogens with one attached hydrogen (secondary N) is 1. The van der Waals surface area contributed by atoms with Gasteiger partial charge in [0.25, 0.3) is 0 Å². The molecule has 0 saturated heterocycles. The fourth-order valence-electron chi connectivity index (χ4n) is 3.03. The van der Waals surface area contributed by atoms with Crippen LogP contribution in [0, 0.1) is 0 Å². The maximum atomic E-state index is 12.9. The minimum atomic E-state index is -0.500. The molecule has 0 saturated carbocycles. The third-order valence-electron chi connectivity index (χ3n) is 4.52. The fraction of sp³-hybridized carbons (Fsp3) is 0.529. The summed E-state index contributed by atoms with van der Waals surface area (Å²) in [5, 5.41) is 8.97. The second-order valence-electron chi connectivity index (χ2n) is 6.28. The Hall–Kier alpha value is -2.22. The lowest BCUT2D eigenvalue weighted by Crippen LogP contribution is -2.50. The Morgan fingerprint density at radius 2 is 2.28 bits per heavy atom. The van der Waals surface area contributed by atoms with Gasteiger partial charge in [0.2, 0.25) is 11.8 Å². The predicted molar refractivity (Wildman–Crippen MR) is 95.0 cm³/mol. The van der Waals surface area contributed by atoms with Crippen LogP contribution in [0.1, 0.15) is 43.2 Å². The first-order chi connectivity index (χ1) is 12.1. The topological polar surface area (TPSA) is 80.1 Å². The summed E-state index contributed by atoms with van der Waals surface area (Å²) in [4.78, 5) is 32.5. The second-order valence-corrected chi connectivity index (χ2v) is 7.28. The molecule has 2 amide bonds. The van der Waals surface area contributed by atoms with E-state index in [1.807, 2.05) is 11.8 Å². The fourth-order valence-corrected chi connectivity index (χ4v) is 3.92. The van der Waals surface area contributed by atoms with Gasteiger partial charge in [0.05, 0.1) is 0 Å². The first-order valence-corrected chi connectivity index (χ1v) is 9.46. The van der Waals surface area contributed by atoms with E-state index in [2.05, 4.69) is 26.8 Å². The van der Waals surface area contributed by atoms with Crippen LogP contribution < -0.4 is 5.32 Å². The van der Waals surface area contributed by atoms with Gasteiger partial charge in [-0.05, 0) is 36.8 Å². The minimum Gasteiger partial charge on any atom is -0.342 e. The molecule has 2 atom stereocenters. The highest BCUT2D eigenvalue weighted by Crippen LogP contribution is 2.24. The lowest BCUT2D eigenvalue weighted by molar-refractivity contribution is -0.138. The number of hydrogen-bond donors (Lipinski definition) is 1.